The van der Waals surface area contributed by atoms with Crippen LogP contribution in [0.2, 0.25) is 0 Å². The van der Waals surface area contributed by atoms with Gasteiger partial charge in [0.05, 0.1) is 12.6 Å². The van der Waals surface area contributed by atoms with Gasteiger partial charge >= 0.3 is 0 Å². The van der Waals surface area contributed by atoms with Gasteiger partial charge in [-0.25, -0.2) is 9.37 Å². The number of aromatic nitrogens is 1. The van der Waals surface area contributed by atoms with Crippen molar-refractivity contribution in [2.75, 3.05) is 38.2 Å². The zero-order valence-electron chi connectivity index (χ0n) is 16.6. The van der Waals surface area contributed by atoms with Crippen molar-refractivity contribution in [2.45, 2.75) is 46.3 Å². The molecular formula is C19H32FN5O. The maximum absolute atomic E-state index is 13.9. The zero-order valence-corrected chi connectivity index (χ0v) is 16.6. The van der Waals surface area contributed by atoms with E-state index < -0.39 is 0 Å². The predicted molar refractivity (Wildman–Crippen MR) is 104 cm³/mol. The fraction of sp³-hybridized carbons (Fsp3) is 0.684. The molecule has 0 radical (unpaired) electrons. The quantitative estimate of drug-likeness (QED) is 0.599. The van der Waals surface area contributed by atoms with Gasteiger partial charge in [-0.15, -0.1) is 0 Å². The Kier molecular flexibility index (Phi) is 7.20. The minimum Gasteiger partial charge on any atom is -0.379 e. The SMILES string of the molecule is CCNC(=NCC(OC)C(C)(C)C)NC1CCN(c2ncccc2F)C1. The van der Waals surface area contributed by atoms with Gasteiger partial charge in [0.25, 0.3) is 0 Å². The van der Waals surface area contributed by atoms with Gasteiger partial charge in [0.2, 0.25) is 0 Å². The molecule has 6 nitrogen and oxygen atoms in total. The highest BCUT2D eigenvalue weighted by Crippen LogP contribution is 2.22. The number of aliphatic imine (C=N–C) groups is 1. The lowest BCUT2D eigenvalue weighted by atomic mass is 9.89. The maximum atomic E-state index is 13.9. The van der Waals surface area contributed by atoms with Crippen LogP contribution < -0.4 is 15.5 Å². The van der Waals surface area contributed by atoms with E-state index in [1.165, 1.54) is 6.07 Å². The largest absolute Gasteiger partial charge is 0.379 e. The lowest BCUT2D eigenvalue weighted by Crippen LogP contribution is -2.45. The van der Waals surface area contributed by atoms with E-state index in [-0.39, 0.29) is 23.4 Å². The van der Waals surface area contributed by atoms with E-state index in [2.05, 4.69) is 36.4 Å². The monoisotopic (exact) mass is 365 g/mol. The molecule has 0 saturated carbocycles. The molecule has 2 heterocycles. The van der Waals surface area contributed by atoms with E-state index in [9.17, 15) is 4.39 Å². The second-order valence-electron chi connectivity index (χ2n) is 7.69. The van der Waals surface area contributed by atoms with Crippen molar-refractivity contribution in [2.24, 2.45) is 10.4 Å². The molecule has 2 N–H and O–H groups in total. The van der Waals surface area contributed by atoms with Gasteiger partial charge in [-0.2, -0.15) is 0 Å². The molecule has 0 amide bonds. The third-order valence-corrected chi connectivity index (χ3v) is 4.58. The summed E-state index contributed by atoms with van der Waals surface area (Å²) < 4.78 is 19.5. The molecule has 2 unspecified atom stereocenters. The van der Waals surface area contributed by atoms with Crippen molar-refractivity contribution >= 4 is 11.8 Å². The Labute approximate surface area is 156 Å². The topological polar surface area (TPSA) is 61.8 Å². The first-order valence-electron chi connectivity index (χ1n) is 9.28. The van der Waals surface area contributed by atoms with Crippen LogP contribution in [0.15, 0.2) is 23.3 Å². The van der Waals surface area contributed by atoms with E-state index in [0.29, 0.717) is 18.9 Å². The van der Waals surface area contributed by atoms with Crippen molar-refractivity contribution in [3.8, 4) is 0 Å². The molecule has 7 heteroatoms. The van der Waals surface area contributed by atoms with E-state index in [1.807, 2.05) is 11.8 Å². The molecule has 1 saturated heterocycles. The molecule has 1 aromatic rings. The molecule has 1 aromatic heterocycles. The number of hydrogen-bond donors (Lipinski definition) is 2. The fourth-order valence-corrected chi connectivity index (χ4v) is 3.07. The lowest BCUT2D eigenvalue weighted by molar-refractivity contribution is 0.0241. The number of hydrogen-bond acceptors (Lipinski definition) is 4. The third kappa shape index (κ3) is 5.56. The number of rotatable bonds is 6. The van der Waals surface area contributed by atoms with E-state index in [1.54, 1.807) is 19.4 Å². The Morgan fingerprint density at radius 1 is 1.50 bits per heavy atom. The van der Waals surface area contributed by atoms with Crippen molar-refractivity contribution in [1.82, 2.24) is 15.6 Å². The molecule has 1 aliphatic heterocycles. The predicted octanol–water partition coefficient (Wildman–Crippen LogP) is 2.42. The molecule has 146 valence electrons. The lowest BCUT2D eigenvalue weighted by Gasteiger charge is -2.28. The molecule has 2 rings (SSSR count). The summed E-state index contributed by atoms with van der Waals surface area (Å²) in [5.74, 6) is 0.917. The van der Waals surface area contributed by atoms with Gasteiger partial charge in [-0.3, -0.25) is 4.99 Å². The third-order valence-electron chi connectivity index (χ3n) is 4.58. The van der Waals surface area contributed by atoms with Gasteiger partial charge in [0, 0.05) is 39.0 Å². The van der Waals surface area contributed by atoms with Crippen LogP contribution in [0.3, 0.4) is 0 Å². The smallest absolute Gasteiger partial charge is 0.191 e. The molecule has 26 heavy (non-hydrogen) atoms. The van der Waals surface area contributed by atoms with E-state index in [0.717, 1.165) is 25.5 Å². The highest BCUT2D eigenvalue weighted by Gasteiger charge is 2.27. The number of anilines is 1. The second kappa shape index (κ2) is 9.16. The molecule has 0 aliphatic carbocycles. The van der Waals surface area contributed by atoms with Crippen molar-refractivity contribution in [1.29, 1.82) is 0 Å². The molecule has 1 aliphatic rings. The maximum Gasteiger partial charge on any atom is 0.191 e. The van der Waals surface area contributed by atoms with Gasteiger partial charge in [0.1, 0.15) is 0 Å². The highest BCUT2D eigenvalue weighted by atomic mass is 19.1. The zero-order chi connectivity index (χ0) is 19.2. The van der Waals surface area contributed by atoms with Gasteiger partial charge in [-0.1, -0.05) is 20.8 Å². The van der Waals surface area contributed by atoms with E-state index in [4.69, 9.17) is 9.73 Å². The number of nitrogens with zero attached hydrogens (tertiary/aromatic N) is 3. The molecule has 0 aromatic carbocycles. The number of nitrogens with one attached hydrogen (secondary N) is 2. The molecule has 1 fully saturated rings. The first kappa shape index (κ1) is 20.4. The summed E-state index contributed by atoms with van der Waals surface area (Å²) in [6.07, 6.45) is 2.58. The number of pyridine rings is 1. The minimum atomic E-state index is -0.276. The van der Waals surface area contributed by atoms with Crippen LogP contribution in [0, 0.1) is 11.2 Å². The summed E-state index contributed by atoms with van der Waals surface area (Å²) in [5, 5.41) is 6.74. The van der Waals surface area contributed by atoms with Gasteiger partial charge in [0.15, 0.2) is 17.6 Å². The number of halogens is 1. The Morgan fingerprint density at radius 2 is 2.27 bits per heavy atom. The summed E-state index contributed by atoms with van der Waals surface area (Å²) >= 11 is 0. The summed E-state index contributed by atoms with van der Waals surface area (Å²) in [7, 11) is 1.72. The number of ether oxygens (including phenoxy) is 1. The first-order chi connectivity index (χ1) is 12.3. The van der Waals surface area contributed by atoms with Gasteiger partial charge < -0.3 is 20.3 Å². The number of methoxy groups -OCH3 is 1. The van der Waals surface area contributed by atoms with Crippen LogP contribution in [-0.2, 0) is 4.74 Å². The Bertz CT molecular complexity index is 602. The average Bonchev–Trinajstić information content (AvgIpc) is 3.03. The molecule has 0 bridgehead atoms. The Hall–Kier alpha value is -1.89. The van der Waals surface area contributed by atoms with Crippen LogP contribution >= 0.6 is 0 Å². The summed E-state index contributed by atoms with van der Waals surface area (Å²) in [5.41, 5.74) is 0.0240. The van der Waals surface area contributed by atoms with Crippen molar-refractivity contribution in [3.05, 3.63) is 24.1 Å². The summed E-state index contributed by atoms with van der Waals surface area (Å²) in [4.78, 5) is 10.8. The van der Waals surface area contributed by atoms with Crippen LogP contribution in [-0.4, -0.2) is 56.4 Å². The summed E-state index contributed by atoms with van der Waals surface area (Å²) in [6.45, 7) is 11.3. The van der Waals surface area contributed by atoms with Gasteiger partial charge in [-0.05, 0) is 30.9 Å². The van der Waals surface area contributed by atoms with Crippen molar-refractivity contribution in [3.63, 3.8) is 0 Å². The number of guanidine groups is 1. The second-order valence-corrected chi connectivity index (χ2v) is 7.69. The van der Waals surface area contributed by atoms with Crippen LogP contribution in [0.4, 0.5) is 10.2 Å². The molecular weight excluding hydrogens is 333 g/mol. The first-order valence-corrected chi connectivity index (χ1v) is 9.28. The average molecular weight is 365 g/mol. The highest BCUT2D eigenvalue weighted by molar-refractivity contribution is 5.80. The summed E-state index contributed by atoms with van der Waals surface area (Å²) in [6, 6.07) is 3.26. The van der Waals surface area contributed by atoms with Crippen molar-refractivity contribution < 1.29 is 9.13 Å². The Morgan fingerprint density at radius 3 is 2.88 bits per heavy atom. The van der Waals surface area contributed by atoms with Crippen LogP contribution in [0.25, 0.3) is 0 Å². The minimum absolute atomic E-state index is 0.0240. The van der Waals surface area contributed by atoms with E-state index >= 15 is 0 Å². The molecule has 2 atom stereocenters. The Balaban J connectivity index is 1.98. The standard InChI is InChI=1S/C19H32FN5O/c1-6-21-18(23-12-16(26-5)19(2,3)4)24-14-9-11-25(13-14)17-15(20)8-7-10-22-17/h7-8,10,14,16H,6,9,11-13H2,1-5H3,(H2,21,23,24). The normalized spacial score (nSPS) is 19.5. The van der Waals surface area contributed by atoms with Crippen LogP contribution in [0.1, 0.15) is 34.1 Å². The fourth-order valence-electron chi connectivity index (χ4n) is 3.07. The van der Waals surface area contributed by atoms with Crippen LogP contribution in [0.5, 0.6) is 0 Å². The molecule has 0 spiro atoms.